The van der Waals surface area contributed by atoms with Gasteiger partial charge >= 0.3 is 0 Å². The summed E-state index contributed by atoms with van der Waals surface area (Å²) in [6.45, 7) is 4.53. The average Bonchev–Trinajstić information content (AvgIpc) is 2.02. The third-order valence-corrected chi connectivity index (χ3v) is 2.15. The topological polar surface area (TPSA) is 38.0 Å². The summed E-state index contributed by atoms with van der Waals surface area (Å²) in [6.07, 6.45) is 0.901. The van der Waals surface area contributed by atoms with Crippen LogP contribution in [0.4, 0.5) is 8.78 Å². The van der Waals surface area contributed by atoms with Crippen LogP contribution in [0.1, 0.15) is 33.1 Å². The van der Waals surface area contributed by atoms with Crippen LogP contribution in [0.25, 0.3) is 0 Å². The normalized spacial score (nSPS) is 15.9. The second-order valence-electron chi connectivity index (χ2n) is 4.06. The van der Waals surface area contributed by atoms with Crippen molar-refractivity contribution in [3.63, 3.8) is 0 Å². The third kappa shape index (κ3) is 9.86. The zero-order valence-corrected chi connectivity index (χ0v) is 9.10. The van der Waals surface area contributed by atoms with Gasteiger partial charge in [0.15, 0.2) is 0 Å². The first-order valence-electron chi connectivity index (χ1n) is 5.26. The fourth-order valence-electron chi connectivity index (χ4n) is 1.33. The molecule has 0 heterocycles. The highest BCUT2D eigenvalue weighted by Crippen LogP contribution is 2.07. The molecule has 2 atom stereocenters. The number of halogens is 2. The van der Waals surface area contributed by atoms with Crippen molar-refractivity contribution in [3.05, 3.63) is 0 Å². The molecule has 0 amide bonds. The molecule has 0 aliphatic rings. The predicted molar refractivity (Wildman–Crippen MR) is 55.5 cm³/mol. The van der Waals surface area contributed by atoms with Gasteiger partial charge in [0, 0.05) is 6.04 Å². The lowest BCUT2D eigenvalue weighted by atomic mass is 10.0. The SMILES string of the molecule is CC(N)CCCC(C)CNCC(F)F. The minimum atomic E-state index is -2.24. The molecule has 0 spiro atoms. The molecule has 0 aliphatic carbocycles. The molecule has 4 heteroatoms. The van der Waals surface area contributed by atoms with Crippen LogP contribution in [0.15, 0.2) is 0 Å². The van der Waals surface area contributed by atoms with E-state index in [-0.39, 0.29) is 12.6 Å². The molecular formula is C10H22F2N2. The molecule has 14 heavy (non-hydrogen) atoms. The van der Waals surface area contributed by atoms with Gasteiger partial charge in [0.1, 0.15) is 0 Å². The molecule has 0 aromatic rings. The first-order chi connectivity index (χ1) is 6.52. The Morgan fingerprint density at radius 3 is 2.29 bits per heavy atom. The number of nitrogens with one attached hydrogen (secondary N) is 1. The van der Waals surface area contributed by atoms with Crippen LogP contribution in [-0.4, -0.2) is 25.6 Å². The molecule has 0 bridgehead atoms. The van der Waals surface area contributed by atoms with Crippen LogP contribution >= 0.6 is 0 Å². The van der Waals surface area contributed by atoms with Crippen molar-refractivity contribution in [1.82, 2.24) is 5.32 Å². The molecule has 0 aromatic heterocycles. The van der Waals surface area contributed by atoms with Gasteiger partial charge in [-0.15, -0.1) is 0 Å². The Hall–Kier alpha value is -0.220. The molecule has 0 radical (unpaired) electrons. The van der Waals surface area contributed by atoms with Gasteiger partial charge in [0.05, 0.1) is 6.54 Å². The summed E-state index contributed by atoms with van der Waals surface area (Å²) in [5.41, 5.74) is 5.60. The van der Waals surface area contributed by atoms with Crippen LogP contribution in [-0.2, 0) is 0 Å². The van der Waals surface area contributed by atoms with Crippen LogP contribution in [0.3, 0.4) is 0 Å². The van der Waals surface area contributed by atoms with E-state index in [1.165, 1.54) is 0 Å². The molecule has 0 fully saturated rings. The largest absolute Gasteiger partial charge is 0.328 e. The molecule has 3 N–H and O–H groups in total. The number of hydrogen-bond acceptors (Lipinski definition) is 2. The Morgan fingerprint density at radius 1 is 1.14 bits per heavy atom. The van der Waals surface area contributed by atoms with E-state index in [0.29, 0.717) is 12.5 Å². The lowest BCUT2D eigenvalue weighted by Crippen LogP contribution is -2.26. The van der Waals surface area contributed by atoms with Gasteiger partial charge in [-0.05, 0) is 32.2 Å². The maximum absolute atomic E-state index is 11.8. The summed E-state index contributed by atoms with van der Waals surface area (Å²) in [5.74, 6) is 0.451. The first kappa shape index (κ1) is 13.8. The van der Waals surface area contributed by atoms with Crippen LogP contribution in [0.5, 0.6) is 0 Å². The Morgan fingerprint density at radius 2 is 1.79 bits per heavy atom. The summed E-state index contributed by atoms with van der Waals surface area (Å²) in [7, 11) is 0. The monoisotopic (exact) mass is 208 g/mol. The molecule has 0 aromatic carbocycles. The first-order valence-corrected chi connectivity index (χ1v) is 5.26. The molecular weight excluding hydrogens is 186 g/mol. The Bertz CT molecular complexity index is 115. The van der Waals surface area contributed by atoms with Gasteiger partial charge in [0.25, 0.3) is 6.43 Å². The van der Waals surface area contributed by atoms with Crippen molar-refractivity contribution < 1.29 is 8.78 Å². The minimum Gasteiger partial charge on any atom is -0.328 e. The van der Waals surface area contributed by atoms with Gasteiger partial charge in [-0.1, -0.05) is 13.3 Å². The Balaban J connectivity index is 3.23. The minimum absolute atomic E-state index is 0.197. The highest BCUT2D eigenvalue weighted by molar-refractivity contribution is 4.60. The molecule has 2 nitrogen and oxygen atoms in total. The van der Waals surface area contributed by atoms with Crippen molar-refractivity contribution in [2.45, 2.75) is 45.6 Å². The van der Waals surface area contributed by atoms with E-state index in [0.717, 1.165) is 19.3 Å². The fraction of sp³-hybridized carbons (Fsp3) is 1.00. The molecule has 0 aliphatic heterocycles. The van der Waals surface area contributed by atoms with Crippen molar-refractivity contribution in [2.24, 2.45) is 11.7 Å². The summed E-state index contributed by atoms with van der Waals surface area (Å²) in [4.78, 5) is 0. The molecule has 0 rings (SSSR count). The van der Waals surface area contributed by atoms with Gasteiger partial charge in [-0.2, -0.15) is 0 Å². The molecule has 2 unspecified atom stereocenters. The highest BCUT2D eigenvalue weighted by atomic mass is 19.3. The Kier molecular flexibility index (Phi) is 7.99. The van der Waals surface area contributed by atoms with Crippen LogP contribution < -0.4 is 11.1 Å². The van der Waals surface area contributed by atoms with Crippen molar-refractivity contribution in [1.29, 1.82) is 0 Å². The number of nitrogens with two attached hydrogens (primary N) is 1. The lowest BCUT2D eigenvalue weighted by Gasteiger charge is -2.12. The maximum Gasteiger partial charge on any atom is 0.250 e. The van der Waals surface area contributed by atoms with E-state index >= 15 is 0 Å². The summed E-state index contributed by atoms with van der Waals surface area (Å²) in [6, 6.07) is 0.247. The van der Waals surface area contributed by atoms with Gasteiger partial charge in [-0.3, -0.25) is 0 Å². The summed E-state index contributed by atoms with van der Waals surface area (Å²) >= 11 is 0. The van der Waals surface area contributed by atoms with Gasteiger partial charge < -0.3 is 11.1 Å². The van der Waals surface area contributed by atoms with Gasteiger partial charge in [-0.25, -0.2) is 8.78 Å². The average molecular weight is 208 g/mol. The molecule has 0 saturated carbocycles. The summed E-state index contributed by atoms with van der Waals surface area (Å²) < 4.78 is 23.5. The maximum atomic E-state index is 11.8. The third-order valence-electron chi connectivity index (χ3n) is 2.15. The second kappa shape index (κ2) is 8.12. The van der Waals surface area contributed by atoms with Crippen LogP contribution in [0.2, 0.25) is 0 Å². The van der Waals surface area contributed by atoms with Gasteiger partial charge in [0.2, 0.25) is 0 Å². The summed E-state index contributed by atoms with van der Waals surface area (Å²) in [5, 5.41) is 2.74. The zero-order valence-electron chi connectivity index (χ0n) is 9.10. The number of rotatable bonds is 8. The van der Waals surface area contributed by atoms with E-state index in [1.807, 2.05) is 6.92 Å². The smallest absolute Gasteiger partial charge is 0.250 e. The predicted octanol–water partition coefficient (Wildman–Crippen LogP) is 1.99. The van der Waals surface area contributed by atoms with Crippen molar-refractivity contribution >= 4 is 0 Å². The van der Waals surface area contributed by atoms with E-state index < -0.39 is 6.43 Å². The zero-order chi connectivity index (χ0) is 11.0. The number of alkyl halides is 2. The quantitative estimate of drug-likeness (QED) is 0.640. The van der Waals surface area contributed by atoms with E-state index in [2.05, 4.69) is 12.2 Å². The highest BCUT2D eigenvalue weighted by Gasteiger charge is 2.05. The molecule has 0 saturated heterocycles. The fourth-order valence-corrected chi connectivity index (χ4v) is 1.33. The Labute approximate surface area is 85.2 Å². The van der Waals surface area contributed by atoms with Crippen molar-refractivity contribution in [2.75, 3.05) is 13.1 Å². The van der Waals surface area contributed by atoms with E-state index in [1.54, 1.807) is 0 Å². The van der Waals surface area contributed by atoms with Crippen molar-refractivity contribution in [3.8, 4) is 0 Å². The molecule has 86 valence electrons. The van der Waals surface area contributed by atoms with E-state index in [4.69, 9.17) is 5.73 Å². The standard InChI is InChI=1S/C10H22F2N2/c1-8(4-3-5-9(2)13)6-14-7-10(11)12/h8-10,14H,3-7,13H2,1-2H3. The lowest BCUT2D eigenvalue weighted by molar-refractivity contribution is 0.144. The van der Waals surface area contributed by atoms with E-state index in [9.17, 15) is 8.78 Å². The number of hydrogen-bond donors (Lipinski definition) is 2. The second-order valence-corrected chi connectivity index (χ2v) is 4.06. The van der Waals surface area contributed by atoms with Crippen LogP contribution in [0, 0.1) is 5.92 Å².